The van der Waals surface area contributed by atoms with Crippen LogP contribution in [0.5, 0.6) is 5.75 Å². The second-order valence-electron chi connectivity index (χ2n) is 4.14. The van der Waals surface area contributed by atoms with E-state index >= 15 is 0 Å². The van der Waals surface area contributed by atoms with E-state index in [9.17, 15) is 14.3 Å². The maximum Gasteiger partial charge on any atom is 0.193 e. The zero-order chi connectivity index (χ0) is 13.4. The van der Waals surface area contributed by atoms with Gasteiger partial charge in [0.2, 0.25) is 0 Å². The third kappa shape index (κ3) is 1.97. The van der Waals surface area contributed by atoms with Crippen LogP contribution in [0.4, 0.5) is 4.39 Å². The number of phenols is 1. The summed E-state index contributed by atoms with van der Waals surface area (Å²) in [4.78, 5) is 11.9. The molecule has 3 rings (SSSR count). The van der Waals surface area contributed by atoms with E-state index in [4.69, 9.17) is 4.42 Å². The average Bonchev–Trinajstić information content (AvgIpc) is 2.38. The second-order valence-corrected chi connectivity index (χ2v) is 4.14. The summed E-state index contributed by atoms with van der Waals surface area (Å²) in [6, 6.07) is 11.7. The van der Waals surface area contributed by atoms with Crippen LogP contribution in [0.15, 0.2) is 57.7 Å². The molecule has 0 aliphatic carbocycles. The molecule has 0 spiro atoms. The lowest BCUT2D eigenvalue weighted by Crippen LogP contribution is -2.00. The van der Waals surface area contributed by atoms with E-state index in [1.165, 1.54) is 18.2 Å². The Balaban J connectivity index is 2.28. The highest BCUT2D eigenvalue weighted by molar-refractivity contribution is 5.78. The van der Waals surface area contributed by atoms with Gasteiger partial charge in [-0.1, -0.05) is 12.1 Å². The maximum atomic E-state index is 13.7. The summed E-state index contributed by atoms with van der Waals surface area (Å²) in [7, 11) is 0. The number of phenolic OH excluding ortho intramolecular Hbond substituents is 1. The van der Waals surface area contributed by atoms with E-state index in [1.54, 1.807) is 24.3 Å². The zero-order valence-corrected chi connectivity index (χ0v) is 9.76. The van der Waals surface area contributed by atoms with Gasteiger partial charge in [0.15, 0.2) is 5.43 Å². The van der Waals surface area contributed by atoms with Crippen LogP contribution in [0, 0.1) is 5.82 Å². The van der Waals surface area contributed by atoms with Gasteiger partial charge in [-0.05, 0) is 24.3 Å². The van der Waals surface area contributed by atoms with Gasteiger partial charge in [-0.2, -0.15) is 0 Å². The van der Waals surface area contributed by atoms with Crippen molar-refractivity contribution < 1.29 is 13.9 Å². The van der Waals surface area contributed by atoms with Crippen LogP contribution in [0.1, 0.15) is 0 Å². The third-order valence-electron chi connectivity index (χ3n) is 2.85. The minimum absolute atomic E-state index is 0.139. The van der Waals surface area contributed by atoms with Crippen molar-refractivity contribution in [2.45, 2.75) is 0 Å². The van der Waals surface area contributed by atoms with E-state index in [1.807, 2.05) is 0 Å². The molecular formula is C15H9FO3. The van der Waals surface area contributed by atoms with Gasteiger partial charge < -0.3 is 9.52 Å². The van der Waals surface area contributed by atoms with Crippen LogP contribution in [0.2, 0.25) is 0 Å². The predicted octanol–water partition coefficient (Wildman–Crippen LogP) is 3.30. The van der Waals surface area contributed by atoms with Gasteiger partial charge >= 0.3 is 0 Å². The Labute approximate surface area is 107 Å². The zero-order valence-electron chi connectivity index (χ0n) is 9.76. The monoisotopic (exact) mass is 256 g/mol. The topological polar surface area (TPSA) is 50.4 Å². The van der Waals surface area contributed by atoms with Crippen molar-refractivity contribution in [3.8, 4) is 17.1 Å². The molecule has 4 heteroatoms. The van der Waals surface area contributed by atoms with Crippen molar-refractivity contribution in [3.63, 3.8) is 0 Å². The largest absolute Gasteiger partial charge is 0.508 e. The summed E-state index contributed by atoms with van der Waals surface area (Å²) >= 11 is 0. The predicted molar refractivity (Wildman–Crippen MR) is 69.5 cm³/mol. The molecule has 0 saturated carbocycles. The Morgan fingerprint density at radius 3 is 2.63 bits per heavy atom. The lowest BCUT2D eigenvalue weighted by molar-refractivity contribution is 0.469. The molecule has 1 aromatic heterocycles. The third-order valence-corrected chi connectivity index (χ3v) is 2.85. The lowest BCUT2D eigenvalue weighted by atomic mass is 10.1. The van der Waals surface area contributed by atoms with Crippen LogP contribution in [0.25, 0.3) is 22.3 Å². The molecule has 0 aliphatic rings. The van der Waals surface area contributed by atoms with Crippen LogP contribution in [-0.2, 0) is 0 Å². The molecule has 0 fully saturated rings. The molecule has 94 valence electrons. The standard InChI is InChI=1S/C15H9FO3/c16-12-7-9(17)5-6-10(12)15-8-13(18)11-3-1-2-4-14(11)19-15/h1-8,17H. The molecule has 3 aromatic rings. The second kappa shape index (κ2) is 4.24. The Morgan fingerprint density at radius 2 is 1.84 bits per heavy atom. The van der Waals surface area contributed by atoms with Crippen LogP contribution in [-0.4, -0.2) is 5.11 Å². The van der Waals surface area contributed by atoms with Crippen molar-refractivity contribution in [3.05, 3.63) is 64.6 Å². The van der Waals surface area contributed by atoms with Crippen LogP contribution >= 0.6 is 0 Å². The van der Waals surface area contributed by atoms with Gasteiger partial charge in [0.05, 0.1) is 10.9 Å². The number of fused-ring (bicyclic) bond motifs is 1. The van der Waals surface area contributed by atoms with Gasteiger partial charge in [0, 0.05) is 12.1 Å². The van der Waals surface area contributed by atoms with E-state index in [0.717, 1.165) is 6.07 Å². The quantitative estimate of drug-likeness (QED) is 0.726. The SMILES string of the molecule is O=c1cc(-c2ccc(O)cc2F)oc2ccccc12. The fourth-order valence-corrected chi connectivity index (χ4v) is 1.94. The molecule has 1 heterocycles. The summed E-state index contributed by atoms with van der Waals surface area (Å²) in [6.07, 6.45) is 0. The van der Waals surface area contributed by atoms with Crippen LogP contribution < -0.4 is 5.43 Å². The minimum Gasteiger partial charge on any atom is -0.508 e. The number of rotatable bonds is 1. The first-order chi connectivity index (χ1) is 9.15. The molecule has 1 N–H and O–H groups in total. The molecule has 0 aliphatic heterocycles. The van der Waals surface area contributed by atoms with Gasteiger partial charge in [-0.25, -0.2) is 4.39 Å². The average molecular weight is 256 g/mol. The van der Waals surface area contributed by atoms with Gasteiger partial charge in [0.25, 0.3) is 0 Å². The van der Waals surface area contributed by atoms with E-state index in [-0.39, 0.29) is 22.5 Å². The number of para-hydroxylation sites is 1. The Kier molecular flexibility index (Phi) is 2.56. The summed E-state index contributed by atoms with van der Waals surface area (Å²) in [5.74, 6) is -0.677. The van der Waals surface area contributed by atoms with Crippen molar-refractivity contribution in [2.75, 3.05) is 0 Å². The molecule has 19 heavy (non-hydrogen) atoms. The van der Waals surface area contributed by atoms with Gasteiger partial charge in [0.1, 0.15) is 22.9 Å². The normalized spacial score (nSPS) is 10.8. The van der Waals surface area contributed by atoms with Crippen molar-refractivity contribution in [1.29, 1.82) is 0 Å². The van der Waals surface area contributed by atoms with Crippen molar-refractivity contribution >= 4 is 11.0 Å². The number of hydrogen-bond acceptors (Lipinski definition) is 3. The highest BCUT2D eigenvalue weighted by Gasteiger charge is 2.11. The number of halogens is 1. The molecule has 0 bridgehead atoms. The van der Waals surface area contributed by atoms with Crippen molar-refractivity contribution in [2.24, 2.45) is 0 Å². The lowest BCUT2D eigenvalue weighted by Gasteiger charge is -2.04. The number of hydrogen-bond donors (Lipinski definition) is 1. The molecule has 2 aromatic carbocycles. The summed E-state index contributed by atoms with van der Waals surface area (Å²) in [5.41, 5.74) is 0.308. The smallest absolute Gasteiger partial charge is 0.193 e. The molecular weight excluding hydrogens is 247 g/mol. The first kappa shape index (κ1) is 11.5. The highest BCUT2D eigenvalue weighted by atomic mass is 19.1. The fourth-order valence-electron chi connectivity index (χ4n) is 1.94. The van der Waals surface area contributed by atoms with E-state index < -0.39 is 5.82 Å². The first-order valence-electron chi connectivity index (χ1n) is 5.67. The summed E-state index contributed by atoms with van der Waals surface area (Å²) in [5, 5.41) is 9.63. The summed E-state index contributed by atoms with van der Waals surface area (Å²) < 4.78 is 19.3. The number of benzene rings is 2. The highest BCUT2D eigenvalue weighted by Crippen LogP contribution is 2.26. The summed E-state index contributed by atoms with van der Waals surface area (Å²) in [6.45, 7) is 0. The van der Waals surface area contributed by atoms with Crippen LogP contribution in [0.3, 0.4) is 0 Å². The first-order valence-corrected chi connectivity index (χ1v) is 5.67. The van der Waals surface area contributed by atoms with E-state index in [0.29, 0.717) is 11.0 Å². The molecule has 3 nitrogen and oxygen atoms in total. The minimum atomic E-state index is -0.640. The van der Waals surface area contributed by atoms with E-state index in [2.05, 4.69) is 0 Å². The Hall–Kier alpha value is -2.62. The fraction of sp³-hybridized carbons (Fsp3) is 0. The van der Waals surface area contributed by atoms with Gasteiger partial charge in [-0.15, -0.1) is 0 Å². The van der Waals surface area contributed by atoms with Gasteiger partial charge in [-0.3, -0.25) is 4.79 Å². The molecule has 0 saturated heterocycles. The molecule has 0 radical (unpaired) electrons. The Bertz CT molecular complexity index is 821. The molecule has 0 atom stereocenters. The molecule has 0 amide bonds. The van der Waals surface area contributed by atoms with Crippen molar-refractivity contribution in [1.82, 2.24) is 0 Å². The Morgan fingerprint density at radius 1 is 1.05 bits per heavy atom. The molecule has 0 unspecified atom stereocenters. The maximum absolute atomic E-state index is 13.7. The number of aromatic hydroxyl groups is 1.